The molecule has 7 heteroatoms. The van der Waals surface area contributed by atoms with Crippen LogP contribution >= 0.6 is 0 Å². The molecule has 0 aliphatic carbocycles. The number of benzene rings is 1. The average Bonchev–Trinajstić information content (AvgIpc) is 2.27. The lowest BCUT2D eigenvalue weighted by Gasteiger charge is -2.20. The predicted molar refractivity (Wildman–Crippen MR) is 62.7 cm³/mol. The molecular weight excluding hydrogens is 281 g/mol. The van der Waals surface area contributed by atoms with Crippen LogP contribution in [0.5, 0.6) is 0 Å². The van der Waals surface area contributed by atoms with Gasteiger partial charge < -0.3 is 5.32 Å². The molecule has 0 fully saturated rings. The van der Waals surface area contributed by atoms with Crippen molar-refractivity contribution in [2.24, 2.45) is 0 Å². The Kier molecular flexibility index (Phi) is 4.86. The molecule has 20 heavy (non-hydrogen) atoms. The topological polar surface area (TPSA) is 29.1 Å². The zero-order valence-corrected chi connectivity index (χ0v) is 10.5. The lowest BCUT2D eigenvalue weighted by atomic mass is 10.0. The molecule has 0 bridgehead atoms. The van der Waals surface area contributed by atoms with Gasteiger partial charge in [0.05, 0.1) is 6.04 Å². The first-order chi connectivity index (χ1) is 9.10. The first-order valence-corrected chi connectivity index (χ1v) is 5.56. The normalized spacial score (nSPS) is 12.9. The summed E-state index contributed by atoms with van der Waals surface area (Å²) in [6, 6.07) is 1.80. The second-order valence-electron chi connectivity index (χ2n) is 4.31. The Morgan fingerprint density at radius 2 is 1.90 bits per heavy atom. The van der Waals surface area contributed by atoms with Crippen molar-refractivity contribution >= 4 is 5.91 Å². The number of halogens is 5. The van der Waals surface area contributed by atoms with Crippen molar-refractivity contribution in [3.63, 3.8) is 0 Å². The highest BCUT2D eigenvalue weighted by atomic mass is 19.4. The van der Waals surface area contributed by atoms with E-state index in [1.54, 1.807) is 0 Å². The number of hydrogen-bond acceptors (Lipinski definition) is 1. The van der Waals surface area contributed by atoms with Gasteiger partial charge in [0.15, 0.2) is 11.6 Å². The largest absolute Gasteiger partial charge is 0.397 e. The predicted octanol–water partition coefficient (Wildman–Crippen LogP) is 3.65. The van der Waals surface area contributed by atoms with Gasteiger partial charge in [-0.25, -0.2) is 8.78 Å². The summed E-state index contributed by atoms with van der Waals surface area (Å²) >= 11 is 0. The summed E-state index contributed by atoms with van der Waals surface area (Å²) in [4.78, 5) is 11.3. The molecule has 1 rings (SSSR count). The van der Waals surface area contributed by atoms with Gasteiger partial charge in [-0.05, 0) is 24.6 Å². The number of carbonyl (C=O) groups excluding carboxylic acids is 1. The highest BCUT2D eigenvalue weighted by Gasteiger charge is 2.32. The molecule has 0 spiro atoms. The van der Waals surface area contributed by atoms with E-state index in [0.717, 1.165) is 12.1 Å². The van der Waals surface area contributed by atoms with E-state index in [4.69, 9.17) is 0 Å². The van der Waals surface area contributed by atoms with E-state index in [2.05, 4.69) is 11.9 Å². The van der Waals surface area contributed by atoms with Gasteiger partial charge in [-0.2, -0.15) is 13.2 Å². The van der Waals surface area contributed by atoms with Gasteiger partial charge in [0.25, 0.3) is 0 Å². The second kappa shape index (κ2) is 6.02. The summed E-state index contributed by atoms with van der Waals surface area (Å²) in [5, 5.41) is 2.09. The molecule has 2 nitrogen and oxygen atoms in total. The number of rotatable bonds is 4. The Labute approximate surface area is 112 Å². The quantitative estimate of drug-likeness (QED) is 0.666. The van der Waals surface area contributed by atoms with Crippen LogP contribution in [0, 0.1) is 11.6 Å². The minimum absolute atomic E-state index is 0.118. The fourth-order valence-corrected chi connectivity index (χ4v) is 1.58. The molecule has 1 unspecified atom stereocenters. The van der Waals surface area contributed by atoms with E-state index in [1.165, 1.54) is 13.0 Å². The van der Waals surface area contributed by atoms with Crippen molar-refractivity contribution in [1.29, 1.82) is 0 Å². The highest BCUT2D eigenvalue weighted by Crippen LogP contribution is 2.24. The van der Waals surface area contributed by atoms with E-state index in [1.807, 2.05) is 0 Å². The number of alkyl halides is 3. The zero-order chi connectivity index (χ0) is 15.5. The minimum atomic E-state index is -4.64. The van der Waals surface area contributed by atoms with Crippen LogP contribution in [0.25, 0.3) is 0 Å². The molecule has 1 amide bonds. The standard InChI is InChI=1S/C13H12F5NO/c1-7(2)12(19-11(20)6-13(16,17)18)8-3-4-9(14)10(15)5-8/h3-5,12H,1,6H2,2H3,(H,19,20). The molecule has 1 aromatic carbocycles. The van der Waals surface area contributed by atoms with Crippen molar-refractivity contribution in [2.45, 2.75) is 25.6 Å². The van der Waals surface area contributed by atoms with Crippen LogP contribution in [0.4, 0.5) is 22.0 Å². The van der Waals surface area contributed by atoms with E-state index in [-0.39, 0.29) is 5.56 Å². The number of nitrogens with one attached hydrogen (secondary N) is 1. The van der Waals surface area contributed by atoms with E-state index < -0.39 is 36.2 Å². The van der Waals surface area contributed by atoms with Crippen LogP contribution in [0.3, 0.4) is 0 Å². The number of hydrogen-bond donors (Lipinski definition) is 1. The third-order valence-corrected chi connectivity index (χ3v) is 2.44. The Bertz CT molecular complexity index is 524. The Balaban J connectivity index is 2.92. The van der Waals surface area contributed by atoms with Crippen molar-refractivity contribution < 1.29 is 26.7 Å². The van der Waals surface area contributed by atoms with Gasteiger partial charge in [0.2, 0.25) is 5.91 Å². The van der Waals surface area contributed by atoms with Crippen molar-refractivity contribution in [3.8, 4) is 0 Å². The lowest BCUT2D eigenvalue weighted by molar-refractivity contribution is -0.154. The van der Waals surface area contributed by atoms with E-state index in [9.17, 15) is 26.7 Å². The minimum Gasteiger partial charge on any atom is -0.345 e. The van der Waals surface area contributed by atoms with Gasteiger partial charge in [-0.1, -0.05) is 18.2 Å². The molecule has 1 atom stereocenters. The van der Waals surface area contributed by atoms with Crippen LogP contribution in [-0.4, -0.2) is 12.1 Å². The van der Waals surface area contributed by atoms with Crippen LogP contribution in [0.2, 0.25) is 0 Å². The Morgan fingerprint density at radius 3 is 2.35 bits per heavy atom. The molecule has 0 radical (unpaired) electrons. The van der Waals surface area contributed by atoms with Gasteiger partial charge in [0, 0.05) is 0 Å². The van der Waals surface area contributed by atoms with Crippen LogP contribution < -0.4 is 5.32 Å². The van der Waals surface area contributed by atoms with Crippen molar-refractivity contribution in [3.05, 3.63) is 47.5 Å². The van der Waals surface area contributed by atoms with E-state index >= 15 is 0 Å². The molecule has 0 aromatic heterocycles. The maximum atomic E-state index is 13.1. The fraction of sp³-hybridized carbons (Fsp3) is 0.308. The first kappa shape index (κ1) is 16.1. The lowest BCUT2D eigenvalue weighted by Crippen LogP contribution is -2.32. The van der Waals surface area contributed by atoms with Gasteiger partial charge in [-0.15, -0.1) is 0 Å². The average molecular weight is 293 g/mol. The van der Waals surface area contributed by atoms with Crippen molar-refractivity contribution in [1.82, 2.24) is 5.32 Å². The summed E-state index contributed by atoms with van der Waals surface area (Å²) in [7, 11) is 0. The number of amides is 1. The molecule has 0 saturated carbocycles. The highest BCUT2D eigenvalue weighted by molar-refractivity contribution is 5.77. The molecule has 0 aliphatic rings. The molecule has 0 saturated heterocycles. The fourth-order valence-electron chi connectivity index (χ4n) is 1.58. The van der Waals surface area contributed by atoms with Crippen LogP contribution in [0.1, 0.15) is 24.9 Å². The molecule has 110 valence electrons. The summed E-state index contributed by atoms with van der Waals surface area (Å²) in [6.07, 6.45) is -6.29. The van der Waals surface area contributed by atoms with Gasteiger partial charge in [-0.3, -0.25) is 4.79 Å². The smallest absolute Gasteiger partial charge is 0.345 e. The summed E-state index contributed by atoms with van der Waals surface area (Å²) in [5.41, 5.74) is 0.415. The molecule has 0 aliphatic heterocycles. The SMILES string of the molecule is C=C(C)C(NC(=O)CC(F)(F)F)c1ccc(F)c(F)c1. The summed E-state index contributed by atoms with van der Waals surface area (Å²) in [5.74, 6) is -3.51. The molecule has 1 N–H and O–H groups in total. The molecule has 0 heterocycles. The number of carbonyl (C=O) groups is 1. The Hall–Kier alpha value is -1.92. The zero-order valence-electron chi connectivity index (χ0n) is 10.5. The maximum absolute atomic E-state index is 13.1. The van der Waals surface area contributed by atoms with E-state index in [0.29, 0.717) is 5.57 Å². The monoisotopic (exact) mass is 293 g/mol. The summed E-state index contributed by atoms with van der Waals surface area (Å²) in [6.45, 7) is 4.98. The third kappa shape index (κ3) is 4.64. The van der Waals surface area contributed by atoms with Crippen molar-refractivity contribution in [2.75, 3.05) is 0 Å². The molecular formula is C13H12F5NO. The van der Waals surface area contributed by atoms with Crippen LogP contribution in [-0.2, 0) is 4.79 Å². The summed E-state index contributed by atoms with van der Waals surface area (Å²) < 4.78 is 62.2. The molecule has 1 aromatic rings. The first-order valence-electron chi connectivity index (χ1n) is 5.56. The Morgan fingerprint density at radius 1 is 1.30 bits per heavy atom. The van der Waals surface area contributed by atoms with Gasteiger partial charge in [0.1, 0.15) is 6.42 Å². The third-order valence-electron chi connectivity index (χ3n) is 2.44. The maximum Gasteiger partial charge on any atom is 0.397 e. The van der Waals surface area contributed by atoms with Gasteiger partial charge >= 0.3 is 6.18 Å². The second-order valence-corrected chi connectivity index (χ2v) is 4.31. The van der Waals surface area contributed by atoms with Crippen LogP contribution in [0.15, 0.2) is 30.4 Å².